The number of rotatable bonds is 6. The van der Waals surface area contributed by atoms with Gasteiger partial charge in [0, 0.05) is 5.75 Å². The molecule has 0 fully saturated rings. The molecule has 0 spiro atoms. The molecule has 148 valence electrons. The Labute approximate surface area is 179 Å². The maximum absolute atomic E-state index is 12.5. The molecule has 29 heavy (non-hydrogen) atoms. The van der Waals surface area contributed by atoms with E-state index in [9.17, 15) is 4.79 Å². The van der Waals surface area contributed by atoms with Gasteiger partial charge in [-0.25, -0.2) is 9.67 Å². The highest BCUT2D eigenvalue weighted by Crippen LogP contribution is 2.39. The van der Waals surface area contributed by atoms with Crippen LogP contribution in [0.2, 0.25) is 0 Å². The Kier molecular flexibility index (Phi) is 5.59. The van der Waals surface area contributed by atoms with Crippen LogP contribution in [-0.4, -0.2) is 34.0 Å². The summed E-state index contributed by atoms with van der Waals surface area (Å²) in [5.74, 6) is 1.85. The number of aromatic nitrogens is 4. The van der Waals surface area contributed by atoms with Crippen molar-refractivity contribution < 1.29 is 9.47 Å². The van der Waals surface area contributed by atoms with E-state index in [0.717, 1.165) is 15.7 Å². The molecule has 1 N–H and O–H groups in total. The molecule has 2 aromatic heterocycles. The van der Waals surface area contributed by atoms with Crippen LogP contribution >= 0.6 is 27.7 Å². The first-order chi connectivity index (χ1) is 14.1. The van der Waals surface area contributed by atoms with Crippen molar-refractivity contribution in [3.63, 3.8) is 0 Å². The summed E-state index contributed by atoms with van der Waals surface area (Å²) in [5, 5.41) is 5.29. The summed E-state index contributed by atoms with van der Waals surface area (Å²) in [7, 11) is 3.19. The zero-order valence-electron chi connectivity index (χ0n) is 15.7. The fraction of sp³-hybridized carbons (Fsp3) is 0.150. The largest absolute Gasteiger partial charge is 0.493 e. The molecule has 0 saturated carbocycles. The van der Waals surface area contributed by atoms with Crippen LogP contribution < -0.4 is 15.0 Å². The average molecular weight is 473 g/mol. The van der Waals surface area contributed by atoms with Gasteiger partial charge in [-0.3, -0.25) is 4.79 Å². The minimum atomic E-state index is -0.217. The average Bonchev–Trinajstić information content (AvgIpc) is 3.18. The van der Waals surface area contributed by atoms with Crippen LogP contribution in [0.4, 0.5) is 0 Å². The van der Waals surface area contributed by atoms with Gasteiger partial charge in [0.05, 0.1) is 30.6 Å². The standard InChI is InChI=1S/C20H17BrN4O3S/c1-27-15-9-8-12(16(21)17(15)28-2)11-29-20-23-18-14(19(26)24-20)10-22-25(18)13-6-4-3-5-7-13/h3-10H,11H2,1-2H3,(H,23,24,26). The third-order valence-corrected chi connectivity index (χ3v) is 6.14. The van der Waals surface area contributed by atoms with Crippen molar-refractivity contribution in [3.05, 3.63) is 69.1 Å². The van der Waals surface area contributed by atoms with Gasteiger partial charge in [0.1, 0.15) is 5.39 Å². The third-order valence-electron chi connectivity index (χ3n) is 4.35. The van der Waals surface area contributed by atoms with Gasteiger partial charge in [-0.15, -0.1) is 0 Å². The molecule has 0 aliphatic rings. The summed E-state index contributed by atoms with van der Waals surface area (Å²) >= 11 is 4.99. The van der Waals surface area contributed by atoms with E-state index >= 15 is 0 Å². The first-order valence-corrected chi connectivity index (χ1v) is 10.5. The van der Waals surface area contributed by atoms with Gasteiger partial charge < -0.3 is 14.5 Å². The SMILES string of the molecule is COc1ccc(CSc2nc3c(cnn3-c3ccccc3)c(=O)[nH]2)c(Br)c1OC. The van der Waals surface area contributed by atoms with Gasteiger partial charge in [0.15, 0.2) is 22.3 Å². The summed E-state index contributed by atoms with van der Waals surface area (Å²) in [6.45, 7) is 0. The van der Waals surface area contributed by atoms with E-state index in [1.165, 1.54) is 18.0 Å². The number of benzene rings is 2. The van der Waals surface area contributed by atoms with E-state index in [1.807, 2.05) is 42.5 Å². The molecular formula is C20H17BrN4O3S. The number of nitrogens with one attached hydrogen (secondary N) is 1. The lowest BCUT2D eigenvalue weighted by atomic mass is 10.2. The Morgan fingerprint density at radius 1 is 1.14 bits per heavy atom. The predicted molar refractivity (Wildman–Crippen MR) is 116 cm³/mol. The second-order valence-corrected chi connectivity index (χ2v) is 7.82. The number of fused-ring (bicyclic) bond motifs is 1. The van der Waals surface area contributed by atoms with Gasteiger partial charge in [-0.05, 0) is 39.7 Å². The van der Waals surface area contributed by atoms with E-state index in [-0.39, 0.29) is 5.56 Å². The summed E-state index contributed by atoms with van der Waals surface area (Å²) < 4.78 is 13.2. The van der Waals surface area contributed by atoms with E-state index in [0.29, 0.717) is 33.4 Å². The zero-order chi connectivity index (χ0) is 20.4. The molecule has 4 rings (SSSR count). The van der Waals surface area contributed by atoms with Gasteiger partial charge in [0.2, 0.25) is 0 Å². The Bertz CT molecular complexity index is 1220. The molecule has 9 heteroatoms. The number of hydrogen-bond donors (Lipinski definition) is 1. The fourth-order valence-corrected chi connectivity index (χ4v) is 4.58. The minimum Gasteiger partial charge on any atom is -0.493 e. The first-order valence-electron chi connectivity index (χ1n) is 8.68. The number of aromatic amines is 1. The maximum atomic E-state index is 12.5. The Balaban J connectivity index is 1.67. The summed E-state index contributed by atoms with van der Waals surface area (Å²) in [6.07, 6.45) is 1.54. The molecule has 2 aromatic carbocycles. The van der Waals surface area contributed by atoms with Crippen LogP contribution in [0.1, 0.15) is 5.56 Å². The fourth-order valence-electron chi connectivity index (χ4n) is 2.91. The summed E-state index contributed by atoms with van der Waals surface area (Å²) in [5.41, 5.74) is 2.14. The van der Waals surface area contributed by atoms with E-state index in [1.54, 1.807) is 18.9 Å². The topological polar surface area (TPSA) is 82.0 Å². The van der Waals surface area contributed by atoms with Crippen LogP contribution in [0.25, 0.3) is 16.7 Å². The van der Waals surface area contributed by atoms with E-state index in [2.05, 4.69) is 31.0 Å². The molecule has 0 atom stereocenters. The normalized spacial score (nSPS) is 11.0. The number of methoxy groups -OCH3 is 2. The molecule has 0 radical (unpaired) electrons. The molecule has 4 aromatic rings. The highest BCUT2D eigenvalue weighted by Gasteiger charge is 2.15. The molecule has 0 unspecified atom stereocenters. The van der Waals surface area contributed by atoms with Gasteiger partial charge in [0.25, 0.3) is 5.56 Å². The highest BCUT2D eigenvalue weighted by atomic mass is 79.9. The number of para-hydroxylation sites is 1. The van der Waals surface area contributed by atoms with E-state index in [4.69, 9.17) is 9.47 Å². The summed E-state index contributed by atoms with van der Waals surface area (Å²) in [4.78, 5) is 20.0. The van der Waals surface area contributed by atoms with Crippen LogP contribution in [0.5, 0.6) is 11.5 Å². The Hall–Kier alpha value is -2.78. The van der Waals surface area contributed by atoms with Crippen molar-refractivity contribution in [2.75, 3.05) is 14.2 Å². The molecule has 0 aliphatic heterocycles. The first kappa shape index (κ1) is 19.5. The monoisotopic (exact) mass is 472 g/mol. The quantitative estimate of drug-likeness (QED) is 0.334. The number of H-pyrrole nitrogens is 1. The maximum Gasteiger partial charge on any atom is 0.262 e. The lowest BCUT2D eigenvalue weighted by molar-refractivity contribution is 0.353. The van der Waals surface area contributed by atoms with Crippen LogP contribution in [0.15, 0.2) is 63.1 Å². The van der Waals surface area contributed by atoms with Crippen LogP contribution in [-0.2, 0) is 5.75 Å². The second-order valence-electron chi connectivity index (χ2n) is 6.06. The minimum absolute atomic E-state index is 0.217. The molecule has 0 saturated heterocycles. The van der Waals surface area contributed by atoms with Crippen LogP contribution in [0.3, 0.4) is 0 Å². The zero-order valence-corrected chi connectivity index (χ0v) is 18.1. The number of halogens is 1. The van der Waals surface area contributed by atoms with Crippen molar-refractivity contribution in [1.29, 1.82) is 0 Å². The van der Waals surface area contributed by atoms with E-state index < -0.39 is 0 Å². The lowest BCUT2D eigenvalue weighted by Gasteiger charge is -2.12. The Morgan fingerprint density at radius 2 is 1.93 bits per heavy atom. The van der Waals surface area contributed by atoms with Gasteiger partial charge in [-0.2, -0.15) is 5.10 Å². The smallest absolute Gasteiger partial charge is 0.262 e. The molecular weight excluding hydrogens is 456 g/mol. The number of ether oxygens (including phenoxy) is 2. The third kappa shape index (κ3) is 3.75. The van der Waals surface area contributed by atoms with Crippen molar-refractivity contribution in [2.45, 2.75) is 10.9 Å². The van der Waals surface area contributed by atoms with Crippen molar-refractivity contribution in [2.24, 2.45) is 0 Å². The highest BCUT2D eigenvalue weighted by molar-refractivity contribution is 9.10. The van der Waals surface area contributed by atoms with Crippen molar-refractivity contribution >= 4 is 38.7 Å². The second kappa shape index (κ2) is 8.30. The van der Waals surface area contributed by atoms with Gasteiger partial charge >= 0.3 is 0 Å². The van der Waals surface area contributed by atoms with Gasteiger partial charge in [-0.1, -0.05) is 36.0 Å². The Morgan fingerprint density at radius 3 is 2.66 bits per heavy atom. The number of hydrogen-bond acceptors (Lipinski definition) is 6. The lowest BCUT2D eigenvalue weighted by Crippen LogP contribution is -2.09. The summed E-state index contributed by atoms with van der Waals surface area (Å²) in [6, 6.07) is 13.4. The van der Waals surface area contributed by atoms with Crippen molar-refractivity contribution in [1.82, 2.24) is 19.7 Å². The molecule has 0 amide bonds. The number of thioether (sulfide) groups is 1. The molecule has 7 nitrogen and oxygen atoms in total. The molecule has 0 aliphatic carbocycles. The molecule has 0 bridgehead atoms. The number of nitrogens with zero attached hydrogens (tertiary/aromatic N) is 3. The molecule has 2 heterocycles. The van der Waals surface area contributed by atoms with Crippen molar-refractivity contribution in [3.8, 4) is 17.2 Å². The predicted octanol–water partition coefficient (Wildman–Crippen LogP) is 4.18. The van der Waals surface area contributed by atoms with Crippen LogP contribution in [0, 0.1) is 0 Å².